The molecular formula is C22H21ClF5NO4. The standard InChI is InChI=1S/C14H14ClF2NO2.C8H7F3O2/c15-11-7-9(1-2-12(11)16)13(20)18-10-3-5-14(17,8-19)6-4-10;9-8(10,11)13-7-3-1-2-6(4-7)5-12/h1-2,7-8,10H,3-6H2,(H,18,20);1,3-6H,2H2. The van der Waals surface area contributed by atoms with Crippen LogP contribution in [-0.4, -0.2) is 36.6 Å². The minimum atomic E-state index is -4.69. The Balaban J connectivity index is 0.000000257. The SMILES string of the molecule is O=CC1(F)CCC(NC(=O)c2ccc(F)c(Cl)c2)CC1.O=CC1C=C(OC(F)(F)F)C=CC1. The summed E-state index contributed by atoms with van der Waals surface area (Å²) in [7, 11) is 0. The van der Waals surface area contributed by atoms with Crippen molar-refractivity contribution in [2.45, 2.75) is 50.2 Å². The molecule has 1 N–H and O–H groups in total. The summed E-state index contributed by atoms with van der Waals surface area (Å²) in [4.78, 5) is 32.8. The van der Waals surface area contributed by atoms with E-state index in [-0.39, 0.29) is 41.1 Å². The lowest BCUT2D eigenvalue weighted by Crippen LogP contribution is -2.42. The third-order valence-corrected chi connectivity index (χ3v) is 5.31. The van der Waals surface area contributed by atoms with Gasteiger partial charge in [0, 0.05) is 17.5 Å². The van der Waals surface area contributed by atoms with E-state index in [9.17, 15) is 36.3 Å². The van der Waals surface area contributed by atoms with Crippen molar-refractivity contribution < 1.29 is 41.1 Å². The molecule has 1 saturated carbocycles. The fourth-order valence-corrected chi connectivity index (χ4v) is 3.42. The molecular weight excluding hydrogens is 473 g/mol. The molecule has 5 nitrogen and oxygen atoms in total. The normalized spacial score (nSPS) is 24.6. The quantitative estimate of drug-likeness (QED) is 0.450. The van der Waals surface area contributed by atoms with E-state index in [4.69, 9.17) is 11.6 Å². The number of aldehydes is 2. The number of alkyl halides is 4. The maximum atomic E-state index is 13.7. The zero-order valence-electron chi connectivity index (χ0n) is 17.2. The minimum Gasteiger partial charge on any atom is -0.406 e. The van der Waals surface area contributed by atoms with Crippen LogP contribution in [0.15, 0.2) is 42.2 Å². The zero-order valence-corrected chi connectivity index (χ0v) is 18.0. The Bertz CT molecular complexity index is 924. The number of halogens is 6. The molecule has 1 aromatic rings. The molecule has 2 aliphatic rings. The molecule has 1 atom stereocenters. The molecule has 180 valence electrons. The summed E-state index contributed by atoms with van der Waals surface area (Å²) in [5.74, 6) is -1.80. The number of ether oxygens (including phenoxy) is 1. The number of benzene rings is 1. The second kappa shape index (κ2) is 11.4. The Morgan fingerprint density at radius 1 is 1.21 bits per heavy atom. The lowest BCUT2D eigenvalue weighted by molar-refractivity contribution is -0.303. The Labute approximate surface area is 191 Å². The lowest BCUT2D eigenvalue weighted by Gasteiger charge is -2.30. The number of carbonyl (C=O) groups excluding carboxylic acids is 3. The van der Waals surface area contributed by atoms with E-state index in [1.807, 2.05) is 0 Å². The first-order valence-electron chi connectivity index (χ1n) is 9.95. The number of hydrogen-bond acceptors (Lipinski definition) is 4. The van der Waals surface area contributed by atoms with E-state index in [1.54, 1.807) is 0 Å². The predicted octanol–water partition coefficient (Wildman–Crippen LogP) is 5.24. The highest BCUT2D eigenvalue weighted by Crippen LogP contribution is 2.30. The van der Waals surface area contributed by atoms with Crippen molar-refractivity contribution in [2.75, 3.05) is 0 Å². The molecule has 1 amide bonds. The topological polar surface area (TPSA) is 72.5 Å². The first-order valence-corrected chi connectivity index (χ1v) is 10.3. The predicted molar refractivity (Wildman–Crippen MR) is 110 cm³/mol. The van der Waals surface area contributed by atoms with Gasteiger partial charge in [-0.2, -0.15) is 0 Å². The zero-order chi connectivity index (χ0) is 24.6. The van der Waals surface area contributed by atoms with E-state index in [1.165, 1.54) is 24.3 Å². The summed E-state index contributed by atoms with van der Waals surface area (Å²) in [6.45, 7) is 0. The summed E-state index contributed by atoms with van der Waals surface area (Å²) >= 11 is 5.61. The summed E-state index contributed by atoms with van der Waals surface area (Å²) < 4.78 is 65.4. The number of amides is 1. The Morgan fingerprint density at radius 2 is 1.88 bits per heavy atom. The van der Waals surface area contributed by atoms with Crippen LogP contribution in [0.2, 0.25) is 5.02 Å². The van der Waals surface area contributed by atoms with Crippen LogP contribution in [-0.2, 0) is 14.3 Å². The highest BCUT2D eigenvalue weighted by atomic mass is 35.5. The number of hydrogen-bond donors (Lipinski definition) is 1. The van der Waals surface area contributed by atoms with Gasteiger partial charge >= 0.3 is 6.36 Å². The highest BCUT2D eigenvalue weighted by molar-refractivity contribution is 6.31. The van der Waals surface area contributed by atoms with Gasteiger partial charge in [-0.25, -0.2) is 8.78 Å². The monoisotopic (exact) mass is 493 g/mol. The third-order valence-electron chi connectivity index (χ3n) is 5.02. The van der Waals surface area contributed by atoms with Gasteiger partial charge in [-0.05, 0) is 62.5 Å². The Hall–Kier alpha value is -2.75. The molecule has 0 saturated heterocycles. The van der Waals surface area contributed by atoms with Gasteiger partial charge < -0.3 is 14.8 Å². The van der Waals surface area contributed by atoms with E-state index in [2.05, 4.69) is 10.1 Å². The third kappa shape index (κ3) is 8.60. The highest BCUT2D eigenvalue weighted by Gasteiger charge is 2.35. The van der Waals surface area contributed by atoms with Crippen molar-refractivity contribution in [1.29, 1.82) is 0 Å². The van der Waals surface area contributed by atoms with Gasteiger partial charge in [0.05, 0.1) is 5.02 Å². The number of carbonyl (C=O) groups is 3. The van der Waals surface area contributed by atoms with Crippen LogP contribution >= 0.6 is 11.6 Å². The summed E-state index contributed by atoms with van der Waals surface area (Å²) in [5.41, 5.74) is -1.51. The van der Waals surface area contributed by atoms with Crippen LogP contribution in [0.3, 0.4) is 0 Å². The van der Waals surface area contributed by atoms with Gasteiger partial charge in [0.1, 0.15) is 17.9 Å². The van der Waals surface area contributed by atoms with Gasteiger partial charge in [-0.3, -0.25) is 9.59 Å². The molecule has 3 rings (SSSR count). The smallest absolute Gasteiger partial charge is 0.406 e. The molecule has 0 aliphatic heterocycles. The van der Waals surface area contributed by atoms with Crippen molar-refractivity contribution in [3.63, 3.8) is 0 Å². The van der Waals surface area contributed by atoms with Gasteiger partial charge in [0.25, 0.3) is 5.91 Å². The van der Waals surface area contributed by atoms with Crippen molar-refractivity contribution >= 4 is 30.1 Å². The molecule has 0 spiro atoms. The molecule has 0 radical (unpaired) electrons. The molecule has 11 heteroatoms. The number of rotatable bonds is 5. The summed E-state index contributed by atoms with van der Waals surface area (Å²) in [5, 5.41) is 2.62. The van der Waals surface area contributed by atoms with Crippen molar-refractivity contribution in [1.82, 2.24) is 5.32 Å². The van der Waals surface area contributed by atoms with Crippen LogP contribution in [0.1, 0.15) is 42.5 Å². The van der Waals surface area contributed by atoms with Crippen LogP contribution < -0.4 is 5.32 Å². The van der Waals surface area contributed by atoms with Crippen molar-refractivity contribution in [3.05, 3.63) is 58.6 Å². The molecule has 0 bridgehead atoms. The maximum absolute atomic E-state index is 13.7. The van der Waals surface area contributed by atoms with E-state index < -0.39 is 23.8 Å². The molecule has 1 unspecified atom stereocenters. The molecule has 1 fully saturated rings. The van der Waals surface area contributed by atoms with Gasteiger partial charge in [-0.1, -0.05) is 17.7 Å². The molecule has 0 aromatic heterocycles. The Morgan fingerprint density at radius 3 is 2.42 bits per heavy atom. The number of nitrogens with one attached hydrogen (secondary N) is 1. The van der Waals surface area contributed by atoms with Gasteiger partial charge in [0.2, 0.25) is 0 Å². The fraction of sp³-hybridized carbons (Fsp3) is 0.409. The molecule has 0 heterocycles. The fourth-order valence-electron chi connectivity index (χ4n) is 3.24. The average molecular weight is 494 g/mol. The van der Waals surface area contributed by atoms with Crippen LogP contribution in [0.5, 0.6) is 0 Å². The van der Waals surface area contributed by atoms with E-state index >= 15 is 0 Å². The van der Waals surface area contributed by atoms with Crippen molar-refractivity contribution in [2.24, 2.45) is 5.92 Å². The largest absolute Gasteiger partial charge is 0.573 e. The van der Waals surface area contributed by atoms with E-state index in [0.29, 0.717) is 31.8 Å². The molecule has 2 aliphatic carbocycles. The summed E-state index contributed by atoms with van der Waals surface area (Å²) in [6.07, 6.45) is 1.49. The Kier molecular flexibility index (Phi) is 9.16. The van der Waals surface area contributed by atoms with Gasteiger partial charge in [0.15, 0.2) is 12.0 Å². The summed E-state index contributed by atoms with van der Waals surface area (Å²) in [6, 6.07) is 3.52. The second-order valence-corrected chi connectivity index (χ2v) is 7.99. The van der Waals surface area contributed by atoms with Gasteiger partial charge in [-0.15, -0.1) is 13.2 Å². The van der Waals surface area contributed by atoms with Crippen LogP contribution in [0.25, 0.3) is 0 Å². The number of allylic oxidation sites excluding steroid dienone is 3. The average Bonchev–Trinajstić information content (AvgIpc) is 2.76. The molecule has 1 aromatic carbocycles. The van der Waals surface area contributed by atoms with Crippen LogP contribution in [0, 0.1) is 11.7 Å². The van der Waals surface area contributed by atoms with Crippen LogP contribution in [0.4, 0.5) is 22.0 Å². The minimum absolute atomic E-state index is 0.103. The second-order valence-electron chi connectivity index (χ2n) is 7.58. The molecule has 33 heavy (non-hydrogen) atoms. The van der Waals surface area contributed by atoms with Crippen molar-refractivity contribution in [3.8, 4) is 0 Å². The first kappa shape index (κ1) is 26.5. The maximum Gasteiger partial charge on any atom is 0.573 e. The first-order chi connectivity index (χ1) is 15.4. The van der Waals surface area contributed by atoms with E-state index in [0.717, 1.165) is 12.1 Å². The lowest BCUT2D eigenvalue weighted by atomic mass is 9.84.